The second-order valence-corrected chi connectivity index (χ2v) is 5.39. The lowest BCUT2D eigenvalue weighted by Crippen LogP contribution is -2.30. The van der Waals surface area contributed by atoms with Crippen molar-refractivity contribution in [3.63, 3.8) is 0 Å². The Balaban J connectivity index is 1.91. The van der Waals surface area contributed by atoms with E-state index in [2.05, 4.69) is 44.3 Å². The van der Waals surface area contributed by atoms with Crippen molar-refractivity contribution in [1.82, 2.24) is 5.32 Å². The quantitative estimate of drug-likeness (QED) is 0.819. The van der Waals surface area contributed by atoms with Crippen LogP contribution in [0.4, 0.5) is 0 Å². The van der Waals surface area contributed by atoms with E-state index in [0.29, 0.717) is 18.5 Å². The Bertz CT molecular complexity index is 385. The highest BCUT2D eigenvalue weighted by molar-refractivity contribution is 5.32. The number of benzene rings is 1. The Morgan fingerprint density at radius 1 is 1.35 bits per heavy atom. The van der Waals surface area contributed by atoms with Gasteiger partial charge in [-0.1, -0.05) is 23.8 Å². The second-order valence-electron chi connectivity index (χ2n) is 5.39. The monoisotopic (exact) mass is 233 g/mol. The minimum atomic E-state index is -0.164. The molecule has 0 amide bonds. The summed E-state index contributed by atoms with van der Waals surface area (Å²) in [5, 5.41) is 13.3. The highest BCUT2D eigenvalue weighted by Gasteiger charge is 2.29. The zero-order chi connectivity index (χ0) is 12.4. The Hall–Kier alpha value is -0.860. The zero-order valence-corrected chi connectivity index (χ0v) is 11.0. The number of nitrogens with one attached hydrogen (secondary N) is 1. The number of hydrogen-bond acceptors (Lipinski definition) is 2. The molecule has 1 aliphatic carbocycles. The molecule has 2 heteroatoms. The molecule has 1 aromatic rings. The molecule has 1 saturated carbocycles. The number of aryl methyl sites for hydroxylation is 2. The minimum Gasteiger partial charge on any atom is -0.392 e. The standard InChI is InChI=1S/C15H23NO/c1-10-4-7-14(11(2)8-10)12(3)16-9-15(17)13-5-6-13/h4,7-8,12-13,15-17H,5-6,9H2,1-3H3. The van der Waals surface area contributed by atoms with Crippen LogP contribution in [0.25, 0.3) is 0 Å². The molecule has 17 heavy (non-hydrogen) atoms. The highest BCUT2D eigenvalue weighted by Crippen LogP contribution is 2.32. The van der Waals surface area contributed by atoms with Gasteiger partial charge in [0.15, 0.2) is 0 Å². The Morgan fingerprint density at radius 3 is 2.65 bits per heavy atom. The lowest BCUT2D eigenvalue weighted by atomic mass is 10.00. The van der Waals surface area contributed by atoms with Crippen LogP contribution in [0, 0.1) is 19.8 Å². The Kier molecular flexibility index (Phi) is 3.85. The lowest BCUT2D eigenvalue weighted by molar-refractivity contribution is 0.145. The molecular formula is C15H23NO. The zero-order valence-electron chi connectivity index (χ0n) is 11.0. The van der Waals surface area contributed by atoms with E-state index in [1.807, 2.05) is 0 Å². The summed E-state index contributed by atoms with van der Waals surface area (Å²) in [4.78, 5) is 0. The van der Waals surface area contributed by atoms with Gasteiger partial charge in [0.1, 0.15) is 0 Å². The van der Waals surface area contributed by atoms with Gasteiger partial charge in [0.2, 0.25) is 0 Å². The maximum Gasteiger partial charge on any atom is 0.0692 e. The normalized spacial score (nSPS) is 19.1. The molecule has 0 heterocycles. The first kappa shape index (κ1) is 12.6. The molecular weight excluding hydrogens is 210 g/mol. The molecule has 2 nitrogen and oxygen atoms in total. The number of aliphatic hydroxyl groups is 1. The third-order valence-electron chi connectivity index (χ3n) is 3.69. The number of aliphatic hydroxyl groups excluding tert-OH is 1. The third-order valence-corrected chi connectivity index (χ3v) is 3.69. The van der Waals surface area contributed by atoms with Gasteiger partial charge in [-0.2, -0.15) is 0 Å². The van der Waals surface area contributed by atoms with Gasteiger partial charge >= 0.3 is 0 Å². The van der Waals surface area contributed by atoms with Gasteiger partial charge in [0, 0.05) is 12.6 Å². The van der Waals surface area contributed by atoms with Crippen molar-refractivity contribution in [3.05, 3.63) is 34.9 Å². The summed E-state index contributed by atoms with van der Waals surface area (Å²) in [6.45, 7) is 7.14. The predicted octanol–water partition coefficient (Wildman–Crippen LogP) is 2.72. The van der Waals surface area contributed by atoms with E-state index < -0.39 is 0 Å². The summed E-state index contributed by atoms with van der Waals surface area (Å²) in [5.74, 6) is 0.550. The largest absolute Gasteiger partial charge is 0.392 e. The van der Waals surface area contributed by atoms with E-state index in [1.54, 1.807) is 0 Å². The average molecular weight is 233 g/mol. The van der Waals surface area contributed by atoms with Crippen LogP contribution in [0.2, 0.25) is 0 Å². The summed E-state index contributed by atoms with van der Waals surface area (Å²) in [7, 11) is 0. The first-order chi connectivity index (χ1) is 8.08. The van der Waals surface area contributed by atoms with E-state index >= 15 is 0 Å². The number of rotatable bonds is 5. The molecule has 94 valence electrons. The van der Waals surface area contributed by atoms with Crippen LogP contribution in [0.15, 0.2) is 18.2 Å². The fraction of sp³-hybridized carbons (Fsp3) is 0.600. The van der Waals surface area contributed by atoms with Gasteiger partial charge in [0.05, 0.1) is 6.10 Å². The molecule has 0 aliphatic heterocycles. The van der Waals surface area contributed by atoms with Crippen LogP contribution in [-0.2, 0) is 0 Å². The molecule has 0 aromatic heterocycles. The third kappa shape index (κ3) is 3.30. The minimum absolute atomic E-state index is 0.164. The van der Waals surface area contributed by atoms with Gasteiger partial charge in [-0.05, 0) is 50.7 Å². The molecule has 0 spiro atoms. The molecule has 2 N–H and O–H groups in total. The summed E-state index contributed by atoms with van der Waals surface area (Å²) in [6.07, 6.45) is 2.23. The first-order valence-corrected chi connectivity index (χ1v) is 6.56. The maximum absolute atomic E-state index is 9.84. The molecule has 1 aromatic carbocycles. The highest BCUT2D eigenvalue weighted by atomic mass is 16.3. The van der Waals surface area contributed by atoms with E-state index in [-0.39, 0.29) is 6.10 Å². The van der Waals surface area contributed by atoms with Crippen LogP contribution in [0.5, 0.6) is 0 Å². The average Bonchev–Trinajstić information content (AvgIpc) is 3.09. The van der Waals surface area contributed by atoms with Crippen LogP contribution in [-0.4, -0.2) is 17.8 Å². The Morgan fingerprint density at radius 2 is 2.06 bits per heavy atom. The van der Waals surface area contributed by atoms with Gasteiger partial charge in [-0.25, -0.2) is 0 Å². The van der Waals surface area contributed by atoms with Gasteiger partial charge in [-0.3, -0.25) is 0 Å². The molecule has 0 radical (unpaired) electrons. The SMILES string of the molecule is Cc1ccc(C(C)NCC(O)C2CC2)c(C)c1. The van der Waals surface area contributed by atoms with E-state index in [4.69, 9.17) is 0 Å². The van der Waals surface area contributed by atoms with Crippen molar-refractivity contribution in [2.24, 2.45) is 5.92 Å². The van der Waals surface area contributed by atoms with Crippen LogP contribution >= 0.6 is 0 Å². The molecule has 1 fully saturated rings. The molecule has 0 saturated heterocycles. The summed E-state index contributed by atoms with van der Waals surface area (Å²) in [5.41, 5.74) is 3.96. The van der Waals surface area contributed by atoms with E-state index in [1.165, 1.54) is 29.5 Å². The molecule has 2 atom stereocenters. The van der Waals surface area contributed by atoms with Crippen molar-refractivity contribution < 1.29 is 5.11 Å². The first-order valence-electron chi connectivity index (χ1n) is 6.56. The van der Waals surface area contributed by atoms with Gasteiger partial charge in [-0.15, -0.1) is 0 Å². The van der Waals surface area contributed by atoms with Crippen LogP contribution in [0.3, 0.4) is 0 Å². The topological polar surface area (TPSA) is 32.3 Å². The van der Waals surface area contributed by atoms with E-state index in [0.717, 1.165) is 0 Å². The van der Waals surface area contributed by atoms with Gasteiger partial charge < -0.3 is 10.4 Å². The van der Waals surface area contributed by atoms with Crippen molar-refractivity contribution >= 4 is 0 Å². The fourth-order valence-electron chi connectivity index (χ4n) is 2.37. The van der Waals surface area contributed by atoms with Crippen molar-refractivity contribution in [2.45, 2.75) is 45.8 Å². The maximum atomic E-state index is 9.84. The molecule has 2 rings (SSSR count). The van der Waals surface area contributed by atoms with Crippen molar-refractivity contribution in [1.29, 1.82) is 0 Å². The van der Waals surface area contributed by atoms with Crippen LogP contribution in [0.1, 0.15) is 42.5 Å². The smallest absolute Gasteiger partial charge is 0.0692 e. The predicted molar refractivity (Wildman–Crippen MR) is 71.1 cm³/mol. The van der Waals surface area contributed by atoms with E-state index in [9.17, 15) is 5.11 Å². The summed E-state index contributed by atoms with van der Waals surface area (Å²) >= 11 is 0. The molecule has 1 aliphatic rings. The molecule has 2 unspecified atom stereocenters. The fourth-order valence-corrected chi connectivity index (χ4v) is 2.37. The summed E-state index contributed by atoms with van der Waals surface area (Å²) in [6, 6.07) is 6.86. The van der Waals surface area contributed by atoms with Gasteiger partial charge in [0.25, 0.3) is 0 Å². The molecule has 0 bridgehead atoms. The lowest BCUT2D eigenvalue weighted by Gasteiger charge is -2.19. The van der Waals surface area contributed by atoms with Crippen molar-refractivity contribution in [3.8, 4) is 0 Å². The van der Waals surface area contributed by atoms with Crippen LogP contribution < -0.4 is 5.32 Å². The Labute approximate surface area is 104 Å². The second kappa shape index (κ2) is 5.19. The number of hydrogen-bond donors (Lipinski definition) is 2. The summed E-state index contributed by atoms with van der Waals surface area (Å²) < 4.78 is 0. The van der Waals surface area contributed by atoms with Crippen molar-refractivity contribution in [2.75, 3.05) is 6.54 Å².